The van der Waals surface area contributed by atoms with Crippen molar-refractivity contribution in [3.05, 3.63) is 0 Å². The number of ether oxygens (including phenoxy) is 2. The quantitative estimate of drug-likeness (QED) is 0.799. The van der Waals surface area contributed by atoms with E-state index in [9.17, 15) is 4.39 Å². The summed E-state index contributed by atoms with van der Waals surface area (Å²) in [6, 6.07) is 0.173. The Morgan fingerprint density at radius 2 is 2.00 bits per heavy atom. The molecule has 1 N–H and O–H groups in total. The summed E-state index contributed by atoms with van der Waals surface area (Å²) in [7, 11) is 0. The van der Waals surface area contributed by atoms with E-state index in [0.717, 1.165) is 26.0 Å². The highest BCUT2D eigenvalue weighted by Gasteiger charge is 2.37. The molecule has 0 aromatic rings. The molecule has 3 nitrogen and oxygen atoms in total. The van der Waals surface area contributed by atoms with Crippen molar-refractivity contribution in [2.75, 3.05) is 33.0 Å². The van der Waals surface area contributed by atoms with Crippen LogP contribution in [0, 0.1) is 5.92 Å². The monoisotopic (exact) mass is 231 g/mol. The minimum atomic E-state index is -1.10. The molecule has 2 fully saturated rings. The Labute approximate surface area is 96.7 Å². The van der Waals surface area contributed by atoms with E-state index in [0.29, 0.717) is 26.2 Å². The average Bonchev–Trinajstić information content (AvgIpc) is 2.31. The molecule has 16 heavy (non-hydrogen) atoms. The Morgan fingerprint density at radius 1 is 1.25 bits per heavy atom. The molecule has 0 saturated carbocycles. The smallest absolute Gasteiger partial charge is 0.112 e. The van der Waals surface area contributed by atoms with Gasteiger partial charge in [0, 0.05) is 25.8 Å². The van der Waals surface area contributed by atoms with Gasteiger partial charge < -0.3 is 14.8 Å². The first-order chi connectivity index (χ1) is 7.68. The van der Waals surface area contributed by atoms with Gasteiger partial charge in [-0.3, -0.25) is 0 Å². The predicted molar refractivity (Wildman–Crippen MR) is 60.3 cm³/mol. The van der Waals surface area contributed by atoms with E-state index < -0.39 is 5.67 Å². The van der Waals surface area contributed by atoms with Crippen molar-refractivity contribution in [3.63, 3.8) is 0 Å². The average molecular weight is 231 g/mol. The van der Waals surface area contributed by atoms with Gasteiger partial charge in [-0.05, 0) is 32.1 Å². The van der Waals surface area contributed by atoms with Crippen molar-refractivity contribution in [2.24, 2.45) is 5.92 Å². The highest BCUT2D eigenvalue weighted by atomic mass is 19.1. The van der Waals surface area contributed by atoms with E-state index >= 15 is 0 Å². The number of alkyl halides is 1. The Morgan fingerprint density at radius 3 is 2.62 bits per heavy atom. The van der Waals surface area contributed by atoms with Gasteiger partial charge in [0.25, 0.3) is 0 Å². The largest absolute Gasteiger partial charge is 0.381 e. The summed E-state index contributed by atoms with van der Waals surface area (Å²) in [6.45, 7) is 5.38. The van der Waals surface area contributed by atoms with Gasteiger partial charge in [0.05, 0.1) is 13.2 Å². The van der Waals surface area contributed by atoms with Gasteiger partial charge in [-0.2, -0.15) is 0 Å². The molecular weight excluding hydrogens is 209 g/mol. The maximum absolute atomic E-state index is 14.6. The van der Waals surface area contributed by atoms with Gasteiger partial charge in [-0.1, -0.05) is 0 Å². The van der Waals surface area contributed by atoms with Crippen molar-refractivity contribution in [3.8, 4) is 0 Å². The molecule has 2 aliphatic rings. The van der Waals surface area contributed by atoms with Gasteiger partial charge in [0.1, 0.15) is 5.67 Å². The molecule has 4 heteroatoms. The van der Waals surface area contributed by atoms with Crippen LogP contribution >= 0.6 is 0 Å². The summed E-state index contributed by atoms with van der Waals surface area (Å²) in [4.78, 5) is 0. The molecule has 2 unspecified atom stereocenters. The summed E-state index contributed by atoms with van der Waals surface area (Å²) in [5.41, 5.74) is -1.10. The number of rotatable bonds is 3. The normalized spacial score (nSPS) is 32.2. The van der Waals surface area contributed by atoms with Crippen molar-refractivity contribution >= 4 is 0 Å². The molecule has 0 bridgehead atoms. The zero-order valence-corrected chi connectivity index (χ0v) is 10.0. The molecule has 0 spiro atoms. The van der Waals surface area contributed by atoms with Crippen molar-refractivity contribution in [1.82, 2.24) is 5.32 Å². The third-order valence-corrected chi connectivity index (χ3v) is 3.72. The Kier molecular flexibility index (Phi) is 4.16. The molecule has 0 aromatic heterocycles. The van der Waals surface area contributed by atoms with E-state index in [2.05, 4.69) is 5.32 Å². The second-order valence-corrected chi connectivity index (χ2v) is 5.09. The van der Waals surface area contributed by atoms with Gasteiger partial charge in [0.2, 0.25) is 0 Å². The van der Waals surface area contributed by atoms with Crippen molar-refractivity contribution in [2.45, 2.75) is 37.9 Å². The molecular formula is C12H22FNO2. The zero-order valence-electron chi connectivity index (χ0n) is 10.0. The number of halogens is 1. The maximum atomic E-state index is 14.6. The van der Waals surface area contributed by atoms with Crippen LogP contribution in [0.1, 0.15) is 26.2 Å². The summed E-state index contributed by atoms with van der Waals surface area (Å²) in [5.74, 6) is 0.143. The van der Waals surface area contributed by atoms with Crippen LogP contribution in [0.15, 0.2) is 0 Å². The van der Waals surface area contributed by atoms with Crippen LogP contribution in [0.25, 0.3) is 0 Å². The highest BCUT2D eigenvalue weighted by Crippen LogP contribution is 2.34. The molecule has 2 atom stereocenters. The molecule has 94 valence electrons. The second-order valence-electron chi connectivity index (χ2n) is 5.09. The third-order valence-electron chi connectivity index (χ3n) is 3.72. The number of hydrogen-bond acceptors (Lipinski definition) is 3. The lowest BCUT2D eigenvalue weighted by atomic mass is 9.80. The summed E-state index contributed by atoms with van der Waals surface area (Å²) in [5, 5.41) is 3.32. The molecule has 0 aromatic carbocycles. The number of morpholine rings is 1. The molecule has 2 saturated heterocycles. The van der Waals surface area contributed by atoms with Crippen LogP contribution in [-0.2, 0) is 9.47 Å². The van der Waals surface area contributed by atoms with Gasteiger partial charge >= 0.3 is 0 Å². The van der Waals surface area contributed by atoms with E-state index in [4.69, 9.17) is 9.47 Å². The fraction of sp³-hybridized carbons (Fsp3) is 1.00. The summed E-state index contributed by atoms with van der Waals surface area (Å²) < 4.78 is 25.2. The lowest BCUT2D eigenvalue weighted by Crippen LogP contribution is -2.47. The first-order valence-corrected chi connectivity index (χ1v) is 6.26. The van der Waals surface area contributed by atoms with E-state index in [-0.39, 0.29) is 12.0 Å². The fourth-order valence-corrected chi connectivity index (χ4v) is 2.70. The molecule has 0 amide bonds. The Hall–Kier alpha value is -0.190. The van der Waals surface area contributed by atoms with Crippen molar-refractivity contribution < 1.29 is 13.9 Å². The minimum absolute atomic E-state index is 0.143. The lowest BCUT2D eigenvalue weighted by molar-refractivity contribution is -0.0227. The zero-order chi connectivity index (χ0) is 11.4. The molecule has 2 aliphatic heterocycles. The van der Waals surface area contributed by atoms with Crippen LogP contribution < -0.4 is 5.32 Å². The van der Waals surface area contributed by atoms with E-state index in [1.54, 1.807) is 6.92 Å². The van der Waals surface area contributed by atoms with Crippen LogP contribution in [0.3, 0.4) is 0 Å². The number of nitrogens with one attached hydrogen (secondary N) is 1. The van der Waals surface area contributed by atoms with Crippen LogP contribution in [0.5, 0.6) is 0 Å². The first-order valence-electron chi connectivity index (χ1n) is 6.26. The fourth-order valence-electron chi connectivity index (χ4n) is 2.70. The summed E-state index contributed by atoms with van der Waals surface area (Å²) >= 11 is 0. The van der Waals surface area contributed by atoms with Crippen LogP contribution in [-0.4, -0.2) is 44.7 Å². The lowest BCUT2D eigenvalue weighted by Gasteiger charge is -2.37. The molecule has 0 radical (unpaired) electrons. The van der Waals surface area contributed by atoms with E-state index in [1.807, 2.05) is 0 Å². The first kappa shape index (κ1) is 12.3. The third kappa shape index (κ3) is 3.15. The second kappa shape index (κ2) is 5.43. The highest BCUT2D eigenvalue weighted by molar-refractivity contribution is 4.89. The number of hydrogen-bond donors (Lipinski definition) is 1. The van der Waals surface area contributed by atoms with E-state index in [1.165, 1.54) is 0 Å². The Bertz CT molecular complexity index is 211. The minimum Gasteiger partial charge on any atom is -0.381 e. The van der Waals surface area contributed by atoms with Crippen LogP contribution in [0.2, 0.25) is 0 Å². The standard InChI is InChI=1S/C12H22FNO2/c1-12(13,10-2-5-15-6-3-10)8-11-9-16-7-4-14-11/h10-11,14H,2-9H2,1H3. The predicted octanol–water partition coefficient (Wildman–Crippen LogP) is 1.52. The molecule has 2 heterocycles. The van der Waals surface area contributed by atoms with Gasteiger partial charge in [-0.15, -0.1) is 0 Å². The maximum Gasteiger partial charge on any atom is 0.112 e. The topological polar surface area (TPSA) is 30.5 Å². The molecule has 2 rings (SSSR count). The Balaban J connectivity index is 1.84. The SMILES string of the molecule is CC(F)(CC1COCCN1)C1CCOCC1. The van der Waals surface area contributed by atoms with Gasteiger partial charge in [0.15, 0.2) is 0 Å². The van der Waals surface area contributed by atoms with Crippen molar-refractivity contribution in [1.29, 1.82) is 0 Å². The summed E-state index contributed by atoms with van der Waals surface area (Å²) in [6.07, 6.45) is 2.25. The van der Waals surface area contributed by atoms with Crippen LogP contribution in [0.4, 0.5) is 4.39 Å². The molecule has 0 aliphatic carbocycles. The van der Waals surface area contributed by atoms with Gasteiger partial charge in [-0.25, -0.2) is 4.39 Å².